The van der Waals surface area contributed by atoms with Crippen molar-refractivity contribution >= 4 is 23.4 Å². The molecule has 26 heavy (non-hydrogen) atoms. The van der Waals surface area contributed by atoms with Crippen LogP contribution in [-0.2, 0) is 0 Å². The van der Waals surface area contributed by atoms with Gasteiger partial charge in [-0.15, -0.1) is 0 Å². The Morgan fingerprint density at radius 2 is 0.654 bits per heavy atom. The monoisotopic (exact) mass is 364 g/mol. The van der Waals surface area contributed by atoms with Crippen molar-refractivity contribution in [3.8, 4) is 0 Å². The molecule has 0 aliphatic carbocycles. The standard InChI is InChI=1S/C24H29OP/c1-16-10-7-11-17(2)22(16)26(25,23-18(3)12-8-13-19(23)4)24-20(5)14-9-15-21(24)6/h7-15,25-26H,1-6H3. The van der Waals surface area contributed by atoms with Crippen molar-refractivity contribution < 1.29 is 4.89 Å². The summed E-state index contributed by atoms with van der Waals surface area (Å²) in [5.74, 6) is 0. The summed E-state index contributed by atoms with van der Waals surface area (Å²) in [7, 11) is -3.15. The third-order valence-electron chi connectivity index (χ3n) is 5.53. The molecule has 3 aromatic rings. The molecule has 0 saturated heterocycles. The van der Waals surface area contributed by atoms with Gasteiger partial charge in [-0.3, -0.25) is 0 Å². The van der Waals surface area contributed by atoms with E-state index in [2.05, 4.69) is 96.1 Å². The predicted octanol–water partition coefficient (Wildman–Crippen LogP) is 4.47. The van der Waals surface area contributed by atoms with E-state index < -0.39 is 7.49 Å². The Morgan fingerprint density at radius 1 is 0.462 bits per heavy atom. The van der Waals surface area contributed by atoms with E-state index in [1.165, 1.54) is 33.4 Å². The van der Waals surface area contributed by atoms with Crippen LogP contribution in [0.5, 0.6) is 0 Å². The molecular weight excluding hydrogens is 335 g/mol. The van der Waals surface area contributed by atoms with E-state index >= 15 is 0 Å². The fourth-order valence-electron chi connectivity index (χ4n) is 4.53. The molecule has 3 rings (SSSR count). The van der Waals surface area contributed by atoms with E-state index in [1.54, 1.807) is 0 Å². The topological polar surface area (TPSA) is 20.2 Å². The van der Waals surface area contributed by atoms with Gasteiger partial charge in [-0.25, -0.2) is 0 Å². The van der Waals surface area contributed by atoms with Crippen molar-refractivity contribution in [3.63, 3.8) is 0 Å². The van der Waals surface area contributed by atoms with Crippen molar-refractivity contribution in [2.75, 3.05) is 0 Å². The molecule has 0 spiro atoms. The van der Waals surface area contributed by atoms with Crippen LogP contribution < -0.4 is 15.9 Å². The van der Waals surface area contributed by atoms with Crippen LogP contribution in [0.4, 0.5) is 0 Å². The van der Waals surface area contributed by atoms with Gasteiger partial charge in [0.1, 0.15) is 0 Å². The molecule has 0 aliphatic heterocycles. The van der Waals surface area contributed by atoms with Crippen molar-refractivity contribution in [3.05, 3.63) is 88.0 Å². The molecule has 0 fully saturated rings. The van der Waals surface area contributed by atoms with Crippen LogP contribution in [0.1, 0.15) is 33.4 Å². The third-order valence-corrected chi connectivity index (χ3v) is 10.1. The Kier molecular flexibility index (Phi) is 5.06. The normalized spacial score (nSPS) is 12.3. The Balaban J connectivity index is 2.53. The van der Waals surface area contributed by atoms with Gasteiger partial charge in [0.15, 0.2) is 0 Å². The number of benzene rings is 3. The molecule has 0 heterocycles. The molecule has 1 nitrogen and oxygen atoms in total. The fourth-order valence-corrected chi connectivity index (χ4v) is 9.20. The summed E-state index contributed by atoms with van der Waals surface area (Å²) in [5.41, 5.74) is 7.02. The maximum absolute atomic E-state index is 12.6. The summed E-state index contributed by atoms with van der Waals surface area (Å²) < 4.78 is 0. The zero-order valence-electron chi connectivity index (χ0n) is 16.6. The average Bonchev–Trinajstić information content (AvgIpc) is 2.54. The second kappa shape index (κ2) is 6.99. The minimum absolute atomic E-state index is 1.13. The second-order valence-corrected chi connectivity index (χ2v) is 10.4. The van der Waals surface area contributed by atoms with E-state index in [0.29, 0.717) is 0 Å². The summed E-state index contributed by atoms with van der Waals surface area (Å²) in [4.78, 5) is 12.6. The van der Waals surface area contributed by atoms with Crippen LogP contribution in [-0.4, -0.2) is 4.89 Å². The second-order valence-electron chi connectivity index (χ2n) is 7.51. The van der Waals surface area contributed by atoms with Crippen molar-refractivity contribution in [2.45, 2.75) is 41.5 Å². The van der Waals surface area contributed by atoms with E-state index in [4.69, 9.17) is 0 Å². The van der Waals surface area contributed by atoms with Crippen LogP contribution in [0.2, 0.25) is 0 Å². The molecule has 136 valence electrons. The Morgan fingerprint density at radius 3 is 0.846 bits per heavy atom. The molecule has 0 amide bonds. The Bertz CT molecular complexity index is 786. The molecule has 1 N–H and O–H groups in total. The molecule has 0 radical (unpaired) electrons. The molecule has 0 saturated carbocycles. The van der Waals surface area contributed by atoms with E-state index in [-0.39, 0.29) is 0 Å². The molecular formula is C24H29OP. The first kappa shape index (κ1) is 18.8. The maximum atomic E-state index is 12.6. The third kappa shape index (κ3) is 2.90. The van der Waals surface area contributed by atoms with E-state index in [0.717, 1.165) is 15.9 Å². The zero-order chi connectivity index (χ0) is 19.1. The van der Waals surface area contributed by atoms with Gasteiger partial charge in [0.05, 0.1) is 0 Å². The first-order chi connectivity index (χ1) is 12.3. The first-order valence-electron chi connectivity index (χ1n) is 9.21. The van der Waals surface area contributed by atoms with Gasteiger partial charge < -0.3 is 0 Å². The molecule has 0 aromatic heterocycles. The number of hydrogen-bond donors (Lipinski definition) is 1. The SMILES string of the molecule is Cc1cccc(C)c1[PH](O)(c1c(C)cccc1C)c1c(C)cccc1C. The van der Waals surface area contributed by atoms with E-state index in [1.807, 2.05) is 0 Å². The summed E-state index contributed by atoms with van der Waals surface area (Å²) in [6.07, 6.45) is 0. The Hall–Kier alpha value is -1.95. The van der Waals surface area contributed by atoms with Gasteiger partial charge in [-0.2, -0.15) is 0 Å². The van der Waals surface area contributed by atoms with E-state index in [9.17, 15) is 4.89 Å². The van der Waals surface area contributed by atoms with Gasteiger partial charge in [0, 0.05) is 0 Å². The molecule has 0 bridgehead atoms. The average molecular weight is 364 g/mol. The predicted molar refractivity (Wildman–Crippen MR) is 117 cm³/mol. The quantitative estimate of drug-likeness (QED) is 0.680. The Labute approximate surface area is 158 Å². The minimum atomic E-state index is -3.15. The summed E-state index contributed by atoms with van der Waals surface area (Å²) >= 11 is 0. The number of rotatable bonds is 3. The van der Waals surface area contributed by atoms with Crippen LogP contribution in [0, 0.1) is 41.5 Å². The fraction of sp³-hybridized carbons (Fsp3) is 0.250. The number of hydrogen-bond acceptors (Lipinski definition) is 1. The van der Waals surface area contributed by atoms with Crippen LogP contribution >= 0.6 is 7.49 Å². The van der Waals surface area contributed by atoms with Crippen LogP contribution in [0.25, 0.3) is 0 Å². The molecule has 2 heteroatoms. The molecule has 3 aromatic carbocycles. The summed E-state index contributed by atoms with van der Waals surface area (Å²) in [6.45, 7) is 12.8. The van der Waals surface area contributed by atoms with Gasteiger partial charge in [0.25, 0.3) is 0 Å². The molecule has 0 aliphatic rings. The number of aryl methyl sites for hydroxylation is 6. The zero-order valence-corrected chi connectivity index (χ0v) is 17.6. The molecule has 0 atom stereocenters. The molecule has 0 unspecified atom stereocenters. The van der Waals surface area contributed by atoms with Crippen molar-refractivity contribution in [1.29, 1.82) is 0 Å². The van der Waals surface area contributed by atoms with Crippen LogP contribution in [0.3, 0.4) is 0 Å². The van der Waals surface area contributed by atoms with Crippen LogP contribution in [0.15, 0.2) is 54.6 Å². The summed E-state index contributed by atoms with van der Waals surface area (Å²) in [6, 6.07) is 19.0. The van der Waals surface area contributed by atoms with Gasteiger partial charge >= 0.3 is 158 Å². The first-order valence-corrected chi connectivity index (χ1v) is 11.2. The van der Waals surface area contributed by atoms with Crippen molar-refractivity contribution in [1.82, 2.24) is 0 Å². The van der Waals surface area contributed by atoms with Gasteiger partial charge in [0.2, 0.25) is 0 Å². The van der Waals surface area contributed by atoms with Crippen molar-refractivity contribution in [2.24, 2.45) is 0 Å². The van der Waals surface area contributed by atoms with Gasteiger partial charge in [-0.1, -0.05) is 0 Å². The summed E-state index contributed by atoms with van der Waals surface area (Å²) in [5, 5.41) is 3.40. The van der Waals surface area contributed by atoms with Gasteiger partial charge in [-0.05, 0) is 0 Å².